The summed E-state index contributed by atoms with van der Waals surface area (Å²) < 4.78 is 34.2. The van der Waals surface area contributed by atoms with Crippen molar-refractivity contribution in [1.82, 2.24) is 0 Å². The minimum atomic E-state index is -4.41. The summed E-state index contributed by atoms with van der Waals surface area (Å²) in [7, 11) is 1.40. The van der Waals surface area contributed by atoms with Crippen LogP contribution in [0.1, 0.15) is 162 Å². The highest BCUT2D eigenvalue weighted by Crippen LogP contribution is 2.43. The number of carbonyl (C=O) groups excluding carboxylic acids is 2. The molecule has 340 valence electrons. The number of quaternary nitrogens is 1. The van der Waals surface area contributed by atoms with Gasteiger partial charge in [-0.25, -0.2) is 4.57 Å². The number of rotatable bonds is 40. The number of unbranched alkanes of at least 4 members (excludes halogenated alkanes) is 14. The van der Waals surface area contributed by atoms with Gasteiger partial charge < -0.3 is 24.0 Å². The lowest BCUT2D eigenvalue weighted by Crippen LogP contribution is -2.37. The number of hydrogen-bond acceptors (Lipinski definition) is 8. The Morgan fingerprint density at radius 3 is 1.81 bits per heavy atom. The van der Waals surface area contributed by atoms with Gasteiger partial charge in [0.1, 0.15) is 19.8 Å². The van der Waals surface area contributed by atoms with E-state index in [1.54, 1.807) is 0 Å². The minimum Gasteiger partial charge on any atom is -0.462 e. The molecular formula is C48H85NO9P+. The maximum atomic E-state index is 12.7. The zero-order chi connectivity index (χ0) is 43.7. The average molecular weight is 851 g/mol. The largest absolute Gasteiger partial charge is 0.472 e. The molecule has 0 heterocycles. The molecule has 11 heteroatoms. The molecule has 0 rings (SSSR count). The van der Waals surface area contributed by atoms with Crippen molar-refractivity contribution >= 4 is 19.8 Å². The van der Waals surface area contributed by atoms with Crippen molar-refractivity contribution in [1.29, 1.82) is 0 Å². The first-order valence-electron chi connectivity index (χ1n) is 22.8. The van der Waals surface area contributed by atoms with E-state index in [9.17, 15) is 24.2 Å². The van der Waals surface area contributed by atoms with Crippen LogP contribution in [0.4, 0.5) is 0 Å². The van der Waals surface area contributed by atoms with Crippen molar-refractivity contribution < 1.29 is 47.2 Å². The van der Waals surface area contributed by atoms with Gasteiger partial charge in [0.15, 0.2) is 6.10 Å². The van der Waals surface area contributed by atoms with Crippen molar-refractivity contribution in [3.63, 3.8) is 0 Å². The molecule has 0 saturated carbocycles. The third-order valence-corrected chi connectivity index (χ3v) is 10.3. The van der Waals surface area contributed by atoms with E-state index in [-0.39, 0.29) is 26.1 Å². The molecule has 0 aliphatic heterocycles. The summed E-state index contributed by atoms with van der Waals surface area (Å²) in [5.74, 6) is -0.900. The molecule has 2 unspecified atom stereocenters. The molecule has 59 heavy (non-hydrogen) atoms. The Morgan fingerprint density at radius 2 is 1.17 bits per heavy atom. The highest BCUT2D eigenvalue weighted by molar-refractivity contribution is 7.47. The van der Waals surface area contributed by atoms with Crippen molar-refractivity contribution in [2.24, 2.45) is 0 Å². The predicted molar refractivity (Wildman–Crippen MR) is 244 cm³/mol. The maximum Gasteiger partial charge on any atom is 0.472 e. The molecular weight excluding hydrogens is 766 g/mol. The number of aliphatic hydroxyl groups is 1. The molecule has 0 fully saturated rings. The van der Waals surface area contributed by atoms with Crippen molar-refractivity contribution in [2.45, 2.75) is 174 Å². The standard InChI is InChI=1S/C48H84NO9P/c1-6-8-10-11-12-13-14-15-16-17-18-19-23-26-29-32-35-39-47(51)55-43-46(44-57-59(53,54)56-42-41-49(3,4)5)58-48(52)40-36-33-30-27-24-21-20-22-25-28-31-34-38-45(50)37-9-7-2/h9,15-16,20-21,25,27-28,30-31,34,37,45-46,50H,6-8,10-14,17-19,22-24,26,29,32-33,35-36,38-44H2,1-5H3/p+1/b16-15-,21-20-,28-25-,30-27-,34-31+,37-9-/t45?,46-/m1/s1. The molecule has 0 aromatic heterocycles. The number of nitrogens with zero attached hydrogens (tertiary/aromatic N) is 1. The number of aliphatic hydroxyl groups excluding tert-OH is 1. The number of allylic oxidation sites excluding steroid dienone is 10. The van der Waals surface area contributed by atoms with Gasteiger partial charge in [-0.3, -0.25) is 18.6 Å². The Labute approximate surface area is 360 Å². The molecule has 0 aromatic rings. The molecule has 3 atom stereocenters. The summed E-state index contributed by atoms with van der Waals surface area (Å²) in [5, 5.41) is 9.78. The van der Waals surface area contributed by atoms with E-state index in [4.69, 9.17) is 18.5 Å². The molecule has 0 aliphatic carbocycles. The van der Waals surface area contributed by atoms with Gasteiger partial charge in [-0.05, 0) is 70.6 Å². The van der Waals surface area contributed by atoms with Crippen LogP contribution in [-0.2, 0) is 32.7 Å². The summed E-state index contributed by atoms with van der Waals surface area (Å²) in [6.07, 6.45) is 45.8. The Bertz CT molecular complexity index is 1250. The third-order valence-electron chi connectivity index (χ3n) is 9.30. The molecule has 0 amide bonds. The van der Waals surface area contributed by atoms with Crippen LogP contribution < -0.4 is 0 Å². The smallest absolute Gasteiger partial charge is 0.462 e. The molecule has 0 aromatic carbocycles. The summed E-state index contributed by atoms with van der Waals surface area (Å²) in [6.45, 7) is 4.08. The molecule has 0 radical (unpaired) electrons. The topological polar surface area (TPSA) is 129 Å². The number of ether oxygens (including phenoxy) is 2. The van der Waals surface area contributed by atoms with Gasteiger partial charge >= 0.3 is 19.8 Å². The van der Waals surface area contributed by atoms with Gasteiger partial charge in [-0.2, -0.15) is 0 Å². The van der Waals surface area contributed by atoms with Gasteiger partial charge in [0.25, 0.3) is 0 Å². The third kappa shape index (κ3) is 43.3. The Kier molecular flexibility index (Phi) is 37.8. The molecule has 2 N–H and O–H groups in total. The van der Waals surface area contributed by atoms with E-state index in [0.29, 0.717) is 30.3 Å². The number of likely N-dealkylation sites (N-methyl/N-ethyl adjacent to an activating group) is 1. The predicted octanol–water partition coefficient (Wildman–Crippen LogP) is 12.0. The molecule has 0 saturated heterocycles. The second-order valence-corrected chi connectivity index (χ2v) is 17.7. The van der Waals surface area contributed by atoms with E-state index in [0.717, 1.165) is 51.4 Å². The van der Waals surface area contributed by atoms with Crippen LogP contribution in [0.25, 0.3) is 0 Å². The molecule has 0 bridgehead atoms. The summed E-state index contributed by atoms with van der Waals surface area (Å²) in [4.78, 5) is 35.4. The summed E-state index contributed by atoms with van der Waals surface area (Å²) in [6, 6.07) is 0. The van der Waals surface area contributed by atoms with Crippen molar-refractivity contribution in [3.05, 3.63) is 72.9 Å². The van der Waals surface area contributed by atoms with Crippen LogP contribution in [-0.4, -0.2) is 86.1 Å². The van der Waals surface area contributed by atoms with E-state index in [1.807, 2.05) is 70.6 Å². The van der Waals surface area contributed by atoms with Crippen LogP contribution in [0, 0.1) is 0 Å². The van der Waals surface area contributed by atoms with Crippen LogP contribution in [0.5, 0.6) is 0 Å². The lowest BCUT2D eigenvalue weighted by atomic mass is 10.1. The molecule has 10 nitrogen and oxygen atoms in total. The first-order chi connectivity index (χ1) is 28.4. The SMILES string of the molecule is CC/C=C\C(O)C/C=C/C=C\C/C=C\C/C=C\CCCC(=O)O[C@H](COC(=O)CCCCCCCCC/C=C\CCCCCCCC)COP(=O)(O)OCC[N+](C)(C)C. The average Bonchev–Trinajstić information content (AvgIpc) is 3.18. The van der Waals surface area contributed by atoms with E-state index in [1.165, 1.54) is 64.2 Å². The number of esters is 2. The number of phosphoric ester groups is 1. The quantitative estimate of drug-likeness (QED) is 0.0155. The highest BCUT2D eigenvalue weighted by Gasteiger charge is 2.27. The minimum absolute atomic E-state index is 0.00937. The Morgan fingerprint density at radius 1 is 0.627 bits per heavy atom. The van der Waals surface area contributed by atoms with Gasteiger partial charge in [-0.15, -0.1) is 0 Å². The van der Waals surface area contributed by atoms with E-state index in [2.05, 4.69) is 37.3 Å². The van der Waals surface area contributed by atoms with E-state index < -0.39 is 38.6 Å². The fourth-order valence-electron chi connectivity index (χ4n) is 5.71. The van der Waals surface area contributed by atoms with Crippen LogP contribution in [0.15, 0.2) is 72.9 Å². The zero-order valence-corrected chi connectivity index (χ0v) is 38.7. The van der Waals surface area contributed by atoms with Gasteiger partial charge in [0.2, 0.25) is 0 Å². The molecule has 0 spiro atoms. The number of carbonyl (C=O) groups is 2. The lowest BCUT2D eigenvalue weighted by molar-refractivity contribution is -0.870. The maximum absolute atomic E-state index is 12.7. The first-order valence-corrected chi connectivity index (χ1v) is 24.3. The second-order valence-electron chi connectivity index (χ2n) is 16.2. The fourth-order valence-corrected chi connectivity index (χ4v) is 6.45. The normalized spacial score (nSPS) is 14.8. The fraction of sp³-hybridized carbons (Fsp3) is 0.708. The van der Waals surface area contributed by atoms with Gasteiger partial charge in [0.05, 0.1) is 33.9 Å². The lowest BCUT2D eigenvalue weighted by Gasteiger charge is -2.24. The summed E-state index contributed by atoms with van der Waals surface area (Å²) in [5.41, 5.74) is 0. The van der Waals surface area contributed by atoms with Crippen LogP contribution in [0.3, 0.4) is 0 Å². The van der Waals surface area contributed by atoms with Crippen molar-refractivity contribution in [2.75, 3.05) is 47.5 Å². The number of phosphoric acid groups is 1. The Hall–Kier alpha value is -2.59. The van der Waals surface area contributed by atoms with Gasteiger partial charge in [0, 0.05) is 12.8 Å². The monoisotopic (exact) mass is 851 g/mol. The van der Waals surface area contributed by atoms with Crippen molar-refractivity contribution in [3.8, 4) is 0 Å². The number of hydrogen-bond donors (Lipinski definition) is 2. The molecule has 0 aliphatic rings. The van der Waals surface area contributed by atoms with Crippen LogP contribution >= 0.6 is 7.82 Å². The zero-order valence-electron chi connectivity index (χ0n) is 37.8. The summed E-state index contributed by atoms with van der Waals surface area (Å²) >= 11 is 0. The van der Waals surface area contributed by atoms with Crippen LogP contribution in [0.2, 0.25) is 0 Å². The highest BCUT2D eigenvalue weighted by atomic mass is 31.2. The first kappa shape index (κ1) is 56.4. The second kappa shape index (κ2) is 39.5. The van der Waals surface area contributed by atoms with E-state index >= 15 is 0 Å². The Balaban J connectivity index is 4.48. The van der Waals surface area contributed by atoms with Gasteiger partial charge in [-0.1, -0.05) is 151 Å².